The molecule has 0 amide bonds. The van der Waals surface area contributed by atoms with Crippen molar-refractivity contribution in [2.75, 3.05) is 6.54 Å². The van der Waals surface area contributed by atoms with E-state index in [4.69, 9.17) is 5.26 Å². The normalized spacial score (nSPS) is 35.0. The Bertz CT molecular complexity index is 238. The summed E-state index contributed by atoms with van der Waals surface area (Å²) in [5.41, 5.74) is 6.92. The Hall–Kier alpha value is -1.01. The van der Waals surface area contributed by atoms with Gasteiger partial charge in [0.05, 0.1) is 6.07 Å². The summed E-state index contributed by atoms with van der Waals surface area (Å²) in [6.45, 7) is 0.759. The second kappa shape index (κ2) is 2.24. The predicted octanol–water partition coefficient (Wildman–Crippen LogP) is 0.672. The van der Waals surface area contributed by atoms with Gasteiger partial charge in [0, 0.05) is 12.2 Å². The first kappa shape index (κ1) is 6.68. The van der Waals surface area contributed by atoms with E-state index in [-0.39, 0.29) is 5.41 Å². The van der Waals surface area contributed by atoms with E-state index in [1.54, 1.807) is 0 Å². The van der Waals surface area contributed by atoms with Crippen molar-refractivity contribution in [2.24, 2.45) is 5.41 Å². The summed E-state index contributed by atoms with van der Waals surface area (Å²) in [7, 11) is 0. The number of nitrogens with zero attached hydrogens (tertiary/aromatic N) is 1. The van der Waals surface area contributed by atoms with E-state index in [0.29, 0.717) is 0 Å². The van der Waals surface area contributed by atoms with Crippen LogP contribution in [0.4, 0.5) is 0 Å². The molecule has 3 nitrogen and oxygen atoms in total. The Labute approximate surface area is 66.1 Å². The van der Waals surface area contributed by atoms with Gasteiger partial charge in [-0.2, -0.15) is 5.26 Å². The van der Waals surface area contributed by atoms with Crippen molar-refractivity contribution < 1.29 is 0 Å². The molecular formula is C8H11N3. The topological polar surface area (TPSA) is 47.9 Å². The lowest BCUT2D eigenvalue weighted by molar-refractivity contribution is 0.436. The zero-order chi connectivity index (χ0) is 7.73. The molecule has 1 fully saturated rings. The van der Waals surface area contributed by atoms with Crippen LogP contribution < -0.4 is 10.9 Å². The SMILES string of the molecule is N#CC12CCCC=C1NNC2. The molecule has 1 saturated heterocycles. The Morgan fingerprint density at radius 3 is 3.27 bits per heavy atom. The van der Waals surface area contributed by atoms with Gasteiger partial charge in [-0.05, 0) is 19.3 Å². The van der Waals surface area contributed by atoms with Gasteiger partial charge >= 0.3 is 0 Å². The Balaban J connectivity index is 2.36. The molecule has 58 valence electrons. The number of rotatable bonds is 0. The molecule has 0 spiro atoms. The van der Waals surface area contributed by atoms with E-state index in [0.717, 1.165) is 31.5 Å². The van der Waals surface area contributed by atoms with Crippen molar-refractivity contribution in [3.8, 4) is 6.07 Å². The van der Waals surface area contributed by atoms with Crippen molar-refractivity contribution in [1.82, 2.24) is 10.9 Å². The van der Waals surface area contributed by atoms with Crippen LogP contribution in [0, 0.1) is 16.7 Å². The quantitative estimate of drug-likeness (QED) is 0.532. The lowest BCUT2D eigenvalue weighted by atomic mass is 9.78. The molecule has 2 N–H and O–H groups in total. The van der Waals surface area contributed by atoms with E-state index < -0.39 is 0 Å². The highest BCUT2D eigenvalue weighted by molar-refractivity contribution is 5.27. The van der Waals surface area contributed by atoms with Crippen molar-refractivity contribution in [3.63, 3.8) is 0 Å². The first-order chi connectivity index (χ1) is 5.37. The average Bonchev–Trinajstić information content (AvgIpc) is 2.48. The molecule has 0 bridgehead atoms. The van der Waals surface area contributed by atoms with E-state index >= 15 is 0 Å². The summed E-state index contributed by atoms with van der Waals surface area (Å²) >= 11 is 0. The molecule has 1 heterocycles. The van der Waals surface area contributed by atoms with Gasteiger partial charge < -0.3 is 5.43 Å². The van der Waals surface area contributed by atoms with Gasteiger partial charge in [-0.3, -0.25) is 0 Å². The van der Waals surface area contributed by atoms with E-state index in [2.05, 4.69) is 23.0 Å². The third-order valence-corrected chi connectivity index (χ3v) is 2.50. The zero-order valence-electron chi connectivity index (χ0n) is 6.35. The maximum absolute atomic E-state index is 8.98. The summed E-state index contributed by atoms with van der Waals surface area (Å²) in [5, 5.41) is 8.98. The van der Waals surface area contributed by atoms with Crippen LogP contribution >= 0.6 is 0 Å². The fourth-order valence-electron chi connectivity index (χ4n) is 1.78. The van der Waals surface area contributed by atoms with Gasteiger partial charge in [0.1, 0.15) is 5.41 Å². The minimum Gasteiger partial charge on any atom is -0.324 e. The molecule has 2 aliphatic rings. The third kappa shape index (κ3) is 0.831. The minimum atomic E-state index is -0.224. The zero-order valence-corrected chi connectivity index (χ0v) is 6.35. The van der Waals surface area contributed by atoms with Gasteiger partial charge in [0.2, 0.25) is 0 Å². The largest absolute Gasteiger partial charge is 0.324 e. The first-order valence-electron chi connectivity index (χ1n) is 3.98. The standard InChI is InChI=1S/C8H11N3/c9-5-8-4-2-1-3-7(8)11-10-6-8/h3,10-11H,1-2,4,6H2. The van der Waals surface area contributed by atoms with Gasteiger partial charge in [0.15, 0.2) is 0 Å². The molecule has 1 unspecified atom stereocenters. The number of allylic oxidation sites excluding steroid dienone is 1. The second-order valence-electron chi connectivity index (χ2n) is 3.18. The number of hydrogen-bond donors (Lipinski definition) is 2. The second-order valence-corrected chi connectivity index (χ2v) is 3.18. The van der Waals surface area contributed by atoms with Crippen LogP contribution in [0.25, 0.3) is 0 Å². The van der Waals surface area contributed by atoms with Crippen molar-refractivity contribution >= 4 is 0 Å². The van der Waals surface area contributed by atoms with Crippen LogP contribution in [0.2, 0.25) is 0 Å². The lowest BCUT2D eigenvalue weighted by Gasteiger charge is -2.23. The van der Waals surface area contributed by atoms with Gasteiger partial charge in [-0.15, -0.1) is 0 Å². The molecule has 0 aromatic carbocycles. The molecule has 0 aromatic heterocycles. The van der Waals surface area contributed by atoms with Crippen LogP contribution in [0.5, 0.6) is 0 Å². The highest BCUT2D eigenvalue weighted by Crippen LogP contribution is 2.36. The monoisotopic (exact) mass is 149 g/mol. The van der Waals surface area contributed by atoms with E-state index in [1.807, 2.05) is 0 Å². The fourth-order valence-corrected chi connectivity index (χ4v) is 1.78. The molecular weight excluding hydrogens is 138 g/mol. The summed E-state index contributed by atoms with van der Waals surface area (Å²) in [6.07, 6.45) is 5.37. The predicted molar refractivity (Wildman–Crippen MR) is 41.1 cm³/mol. The summed E-state index contributed by atoms with van der Waals surface area (Å²) in [4.78, 5) is 0. The Morgan fingerprint density at radius 1 is 1.64 bits per heavy atom. The maximum atomic E-state index is 8.98. The van der Waals surface area contributed by atoms with Crippen LogP contribution in [0.15, 0.2) is 11.8 Å². The van der Waals surface area contributed by atoms with Gasteiger partial charge in [-0.25, -0.2) is 5.43 Å². The molecule has 0 saturated carbocycles. The molecule has 1 atom stereocenters. The highest BCUT2D eigenvalue weighted by Gasteiger charge is 2.39. The number of hydrazine groups is 1. The van der Waals surface area contributed by atoms with Crippen LogP contribution in [0.3, 0.4) is 0 Å². The highest BCUT2D eigenvalue weighted by atomic mass is 15.4. The molecule has 0 aromatic rings. The number of nitriles is 1. The maximum Gasteiger partial charge on any atom is 0.112 e. The number of nitrogens with one attached hydrogen (secondary N) is 2. The molecule has 3 heteroatoms. The fraction of sp³-hybridized carbons (Fsp3) is 0.625. The Morgan fingerprint density at radius 2 is 2.55 bits per heavy atom. The summed E-state index contributed by atoms with van der Waals surface area (Å²) in [6, 6.07) is 2.39. The smallest absolute Gasteiger partial charge is 0.112 e. The average molecular weight is 149 g/mol. The molecule has 11 heavy (non-hydrogen) atoms. The summed E-state index contributed by atoms with van der Waals surface area (Å²) < 4.78 is 0. The molecule has 2 rings (SSSR count). The van der Waals surface area contributed by atoms with Gasteiger partial charge in [-0.1, -0.05) is 6.08 Å². The van der Waals surface area contributed by atoms with Crippen LogP contribution in [0.1, 0.15) is 19.3 Å². The molecule has 1 aliphatic heterocycles. The first-order valence-corrected chi connectivity index (χ1v) is 3.98. The van der Waals surface area contributed by atoms with Crippen molar-refractivity contribution in [1.29, 1.82) is 5.26 Å². The summed E-state index contributed by atoms with van der Waals surface area (Å²) in [5.74, 6) is 0. The van der Waals surface area contributed by atoms with E-state index in [1.165, 1.54) is 0 Å². The van der Waals surface area contributed by atoms with Crippen molar-refractivity contribution in [3.05, 3.63) is 11.8 Å². The lowest BCUT2D eigenvalue weighted by Crippen LogP contribution is -2.24. The number of fused-ring (bicyclic) bond motifs is 1. The minimum absolute atomic E-state index is 0.224. The molecule has 1 aliphatic carbocycles. The third-order valence-electron chi connectivity index (χ3n) is 2.50. The Kier molecular flexibility index (Phi) is 1.36. The van der Waals surface area contributed by atoms with Crippen LogP contribution in [-0.4, -0.2) is 6.54 Å². The van der Waals surface area contributed by atoms with E-state index in [9.17, 15) is 0 Å². The van der Waals surface area contributed by atoms with Crippen LogP contribution in [-0.2, 0) is 0 Å². The number of hydrogen-bond acceptors (Lipinski definition) is 3. The van der Waals surface area contributed by atoms with Crippen molar-refractivity contribution in [2.45, 2.75) is 19.3 Å². The molecule has 0 radical (unpaired) electrons. The van der Waals surface area contributed by atoms with Gasteiger partial charge in [0.25, 0.3) is 0 Å².